The second-order valence-corrected chi connectivity index (χ2v) is 11.8. The van der Waals surface area contributed by atoms with Crippen LogP contribution in [-0.4, -0.2) is 64.3 Å². The maximum atomic E-state index is 11.8. The van der Waals surface area contributed by atoms with E-state index in [1.807, 2.05) is 0 Å². The molecule has 164 valence electrons. The third-order valence-electron chi connectivity index (χ3n) is 6.30. The monoisotopic (exact) mass is 458 g/mol. The molecule has 0 unspecified atom stereocenters. The van der Waals surface area contributed by atoms with E-state index in [0.29, 0.717) is 13.1 Å². The maximum Gasteiger partial charge on any atom is 0.259 e. The van der Waals surface area contributed by atoms with E-state index in [9.17, 15) is 8.42 Å². The molecular formula is C23H28N3O3S2+. The van der Waals surface area contributed by atoms with Gasteiger partial charge in [-0.1, -0.05) is 6.92 Å². The smallest absolute Gasteiger partial charge is 0.259 e. The lowest BCUT2D eigenvalue weighted by Crippen LogP contribution is -2.40. The highest BCUT2D eigenvalue weighted by Gasteiger charge is 2.25. The van der Waals surface area contributed by atoms with Gasteiger partial charge in [-0.15, -0.1) is 0 Å². The Labute approximate surface area is 187 Å². The molecule has 0 radical (unpaired) electrons. The predicted molar refractivity (Wildman–Crippen MR) is 130 cm³/mol. The van der Waals surface area contributed by atoms with Crippen LogP contribution in [0, 0.1) is 6.92 Å². The van der Waals surface area contributed by atoms with Gasteiger partial charge in [0.15, 0.2) is 9.84 Å². The highest BCUT2D eigenvalue weighted by molar-refractivity contribution is 7.91. The molecule has 2 aromatic carbocycles. The molecule has 2 aliphatic rings. The number of nitrogens with zero attached hydrogens (tertiary/aromatic N) is 3. The summed E-state index contributed by atoms with van der Waals surface area (Å²) in [7, 11) is -2.89. The SMILES string of the molecule is CCc1cc(N2CCOCC2)cc2[s+]c3cc(N4CCS(=O)(=O)CC4)cc(C)c3nc12. The Morgan fingerprint density at radius 3 is 2.23 bits per heavy atom. The van der Waals surface area contributed by atoms with E-state index < -0.39 is 9.84 Å². The number of morpholine rings is 1. The van der Waals surface area contributed by atoms with Crippen molar-refractivity contribution in [2.24, 2.45) is 0 Å². The zero-order valence-corrected chi connectivity index (χ0v) is 19.7. The Bertz CT molecular complexity index is 1240. The van der Waals surface area contributed by atoms with Crippen LogP contribution in [0.25, 0.3) is 20.4 Å². The summed E-state index contributed by atoms with van der Waals surface area (Å²) in [4.78, 5) is 9.68. The van der Waals surface area contributed by atoms with Crippen LogP contribution in [0.2, 0.25) is 0 Å². The van der Waals surface area contributed by atoms with E-state index in [4.69, 9.17) is 9.72 Å². The van der Waals surface area contributed by atoms with Gasteiger partial charge in [-0.05, 0) is 36.6 Å². The summed E-state index contributed by atoms with van der Waals surface area (Å²) in [5, 5.41) is 0. The minimum atomic E-state index is -2.89. The fraction of sp³-hybridized carbons (Fsp3) is 0.478. The van der Waals surface area contributed by atoms with Gasteiger partial charge in [-0.2, -0.15) is 0 Å². The van der Waals surface area contributed by atoms with E-state index >= 15 is 0 Å². The molecule has 31 heavy (non-hydrogen) atoms. The summed E-state index contributed by atoms with van der Waals surface area (Å²) in [6.07, 6.45) is 0.944. The average molecular weight is 459 g/mol. The van der Waals surface area contributed by atoms with Gasteiger partial charge in [0.05, 0.1) is 24.7 Å². The van der Waals surface area contributed by atoms with Crippen LogP contribution in [0.15, 0.2) is 24.3 Å². The molecule has 0 atom stereocenters. The molecule has 0 spiro atoms. The van der Waals surface area contributed by atoms with Crippen molar-refractivity contribution in [1.82, 2.24) is 4.98 Å². The molecule has 2 saturated heterocycles. The van der Waals surface area contributed by atoms with Crippen molar-refractivity contribution in [3.63, 3.8) is 0 Å². The van der Waals surface area contributed by atoms with E-state index in [0.717, 1.165) is 59.7 Å². The number of sulfone groups is 1. The third kappa shape index (κ3) is 4.08. The van der Waals surface area contributed by atoms with Crippen molar-refractivity contribution in [2.45, 2.75) is 20.3 Å². The second-order valence-electron chi connectivity index (χ2n) is 8.37. The van der Waals surface area contributed by atoms with Gasteiger partial charge in [0, 0.05) is 49.7 Å². The quantitative estimate of drug-likeness (QED) is 0.441. The summed E-state index contributed by atoms with van der Waals surface area (Å²) >= 11 is 1.79. The van der Waals surface area contributed by atoms with E-state index in [1.54, 1.807) is 11.3 Å². The first-order valence-electron chi connectivity index (χ1n) is 10.9. The Balaban J connectivity index is 1.60. The lowest BCUT2D eigenvalue weighted by Gasteiger charge is -2.29. The van der Waals surface area contributed by atoms with Gasteiger partial charge < -0.3 is 14.5 Å². The minimum absolute atomic E-state index is 0.228. The van der Waals surface area contributed by atoms with Crippen LogP contribution in [-0.2, 0) is 21.0 Å². The number of ether oxygens (including phenoxy) is 1. The fourth-order valence-electron chi connectivity index (χ4n) is 4.46. The Kier molecular flexibility index (Phi) is 5.48. The normalized spacial score (nSPS) is 19.3. The molecule has 2 fully saturated rings. The number of aryl methyl sites for hydroxylation is 2. The number of hydrogen-bond acceptors (Lipinski definition) is 6. The first kappa shape index (κ1) is 20.8. The van der Waals surface area contributed by atoms with Crippen molar-refractivity contribution in [3.8, 4) is 0 Å². The van der Waals surface area contributed by atoms with Crippen LogP contribution in [0.5, 0.6) is 0 Å². The highest BCUT2D eigenvalue weighted by Crippen LogP contribution is 2.35. The lowest BCUT2D eigenvalue weighted by molar-refractivity contribution is 0.122. The standard InChI is InChI=1S/C23H28N3O3S2/c1-3-17-13-19(25-4-8-29-9-5-25)15-21-23(17)24-22-16(2)12-18(14-20(22)30-21)26-6-10-31(27,28)11-7-26/h12-15H,3-11H2,1-2H3/q+1. The average Bonchev–Trinajstić information content (AvgIpc) is 2.77. The molecule has 8 heteroatoms. The number of anilines is 2. The van der Waals surface area contributed by atoms with Gasteiger partial charge >= 0.3 is 0 Å². The molecule has 1 aromatic heterocycles. The van der Waals surface area contributed by atoms with Crippen LogP contribution in [0.1, 0.15) is 18.1 Å². The molecule has 5 rings (SSSR count). The van der Waals surface area contributed by atoms with Crippen LogP contribution in [0.3, 0.4) is 0 Å². The number of fused-ring (bicyclic) bond motifs is 2. The zero-order chi connectivity index (χ0) is 21.6. The second kappa shape index (κ2) is 8.15. The molecule has 0 N–H and O–H groups in total. The highest BCUT2D eigenvalue weighted by atomic mass is 32.2. The third-order valence-corrected chi connectivity index (χ3v) is 8.97. The van der Waals surface area contributed by atoms with Crippen molar-refractivity contribution in [2.75, 3.05) is 60.7 Å². The van der Waals surface area contributed by atoms with Crippen LogP contribution in [0.4, 0.5) is 11.4 Å². The van der Waals surface area contributed by atoms with Gasteiger partial charge in [0.1, 0.15) is 11.0 Å². The molecular weight excluding hydrogens is 430 g/mol. The molecule has 3 heterocycles. The summed E-state index contributed by atoms with van der Waals surface area (Å²) < 4.78 is 31.5. The lowest BCUT2D eigenvalue weighted by atomic mass is 10.1. The largest absolute Gasteiger partial charge is 0.378 e. The maximum absolute atomic E-state index is 11.8. The van der Waals surface area contributed by atoms with Crippen molar-refractivity contribution < 1.29 is 13.2 Å². The number of aromatic nitrogens is 1. The molecule has 0 bridgehead atoms. The summed E-state index contributed by atoms with van der Waals surface area (Å²) in [6, 6.07) is 8.90. The van der Waals surface area contributed by atoms with E-state index in [-0.39, 0.29) is 11.5 Å². The van der Waals surface area contributed by atoms with Crippen molar-refractivity contribution in [3.05, 3.63) is 35.4 Å². The molecule has 0 saturated carbocycles. The number of benzene rings is 2. The first-order valence-corrected chi connectivity index (χ1v) is 13.6. The van der Waals surface area contributed by atoms with Gasteiger partial charge in [0.25, 0.3) is 9.40 Å². The minimum Gasteiger partial charge on any atom is -0.378 e. The van der Waals surface area contributed by atoms with Gasteiger partial charge in [-0.25, -0.2) is 13.4 Å². The Hall–Kier alpha value is -2.03. The van der Waals surface area contributed by atoms with Crippen molar-refractivity contribution >= 4 is 53.0 Å². The Morgan fingerprint density at radius 2 is 1.55 bits per heavy atom. The molecule has 6 nitrogen and oxygen atoms in total. The van der Waals surface area contributed by atoms with E-state index in [1.165, 1.54) is 16.0 Å². The summed E-state index contributed by atoms with van der Waals surface area (Å²) in [6.45, 7) is 8.78. The van der Waals surface area contributed by atoms with Gasteiger partial charge in [0.2, 0.25) is 11.3 Å². The van der Waals surface area contributed by atoms with E-state index in [2.05, 4.69) is 47.9 Å². The van der Waals surface area contributed by atoms with Crippen LogP contribution < -0.4 is 9.80 Å². The molecule has 0 aliphatic carbocycles. The number of rotatable bonds is 3. The molecule has 3 aromatic rings. The fourth-order valence-corrected chi connectivity index (χ4v) is 6.84. The summed E-state index contributed by atoms with van der Waals surface area (Å²) in [5.74, 6) is 0.457. The first-order chi connectivity index (χ1) is 14.9. The molecule has 0 amide bonds. The topological polar surface area (TPSA) is 62.7 Å². The molecule has 2 aliphatic heterocycles. The van der Waals surface area contributed by atoms with Crippen LogP contribution >= 0.6 is 11.3 Å². The predicted octanol–water partition coefficient (Wildman–Crippen LogP) is 3.67. The van der Waals surface area contributed by atoms with Gasteiger partial charge in [-0.3, -0.25) is 0 Å². The summed E-state index contributed by atoms with van der Waals surface area (Å²) in [5.41, 5.74) is 6.90. The zero-order valence-electron chi connectivity index (χ0n) is 18.1. The Morgan fingerprint density at radius 1 is 0.935 bits per heavy atom. The van der Waals surface area contributed by atoms with Crippen molar-refractivity contribution in [1.29, 1.82) is 0 Å². The number of hydrogen-bond donors (Lipinski definition) is 0.